The summed E-state index contributed by atoms with van der Waals surface area (Å²) in [5, 5.41) is 13.4. The Kier molecular flexibility index (Phi) is 4.32. The second-order valence-electron chi connectivity index (χ2n) is 5.86. The zero-order valence-electron chi connectivity index (χ0n) is 13.2. The fourth-order valence-electron chi connectivity index (χ4n) is 3.18. The molecule has 0 spiro atoms. The first-order chi connectivity index (χ1) is 12.2. The van der Waals surface area contributed by atoms with E-state index in [1.54, 1.807) is 6.07 Å². The summed E-state index contributed by atoms with van der Waals surface area (Å²) in [6, 6.07) is 20.6. The van der Waals surface area contributed by atoms with Gasteiger partial charge in [-0.1, -0.05) is 56.1 Å². The van der Waals surface area contributed by atoms with Gasteiger partial charge in [-0.05, 0) is 46.7 Å². The SMILES string of the molecule is N#Cc1ccc2cc(CBr)n(Cc3cc(Br)cc4ccccc34)c2n1. The molecule has 0 aliphatic rings. The quantitative estimate of drug-likeness (QED) is 0.369. The largest absolute Gasteiger partial charge is 0.324 e. The van der Waals surface area contributed by atoms with E-state index in [-0.39, 0.29) is 0 Å². The summed E-state index contributed by atoms with van der Waals surface area (Å²) in [5.74, 6) is 0. The fraction of sp³-hybridized carbons (Fsp3) is 0.100. The lowest BCUT2D eigenvalue weighted by molar-refractivity contribution is 0.795. The van der Waals surface area contributed by atoms with Crippen molar-refractivity contribution >= 4 is 53.7 Å². The van der Waals surface area contributed by atoms with Crippen LogP contribution in [0.15, 0.2) is 59.1 Å². The summed E-state index contributed by atoms with van der Waals surface area (Å²) in [7, 11) is 0. The molecule has 0 saturated heterocycles. The number of fused-ring (bicyclic) bond motifs is 2. The minimum atomic E-state index is 0.437. The van der Waals surface area contributed by atoms with Gasteiger partial charge >= 0.3 is 0 Å². The van der Waals surface area contributed by atoms with E-state index in [1.165, 1.54) is 16.3 Å². The molecule has 4 aromatic rings. The molecule has 0 atom stereocenters. The zero-order valence-corrected chi connectivity index (χ0v) is 16.4. The van der Waals surface area contributed by atoms with E-state index >= 15 is 0 Å². The van der Waals surface area contributed by atoms with Gasteiger partial charge in [-0.15, -0.1) is 0 Å². The van der Waals surface area contributed by atoms with E-state index < -0.39 is 0 Å². The van der Waals surface area contributed by atoms with Crippen molar-refractivity contribution in [3.05, 3.63) is 76.0 Å². The van der Waals surface area contributed by atoms with E-state index in [4.69, 9.17) is 0 Å². The molecule has 0 bridgehead atoms. The van der Waals surface area contributed by atoms with Crippen LogP contribution in [0.3, 0.4) is 0 Å². The molecule has 0 N–H and O–H groups in total. The second kappa shape index (κ2) is 6.62. The summed E-state index contributed by atoms with van der Waals surface area (Å²) in [6.07, 6.45) is 0. The number of rotatable bonds is 3. The topological polar surface area (TPSA) is 41.6 Å². The Hall–Kier alpha value is -2.16. The monoisotopic (exact) mass is 453 g/mol. The van der Waals surface area contributed by atoms with Crippen molar-refractivity contribution in [3.63, 3.8) is 0 Å². The highest BCUT2D eigenvalue weighted by Crippen LogP contribution is 2.28. The Labute approximate surface area is 162 Å². The van der Waals surface area contributed by atoms with Crippen molar-refractivity contribution in [1.82, 2.24) is 9.55 Å². The Morgan fingerprint density at radius 1 is 1.04 bits per heavy atom. The number of nitrogens with zero attached hydrogens (tertiary/aromatic N) is 3. The molecule has 0 saturated carbocycles. The molecule has 0 aliphatic carbocycles. The molecule has 2 aromatic carbocycles. The van der Waals surface area contributed by atoms with Gasteiger partial charge in [0.05, 0.1) is 0 Å². The lowest BCUT2D eigenvalue weighted by Gasteiger charge is -2.12. The first-order valence-electron chi connectivity index (χ1n) is 7.82. The van der Waals surface area contributed by atoms with Crippen LogP contribution in [0, 0.1) is 11.3 Å². The third-order valence-electron chi connectivity index (χ3n) is 4.32. The van der Waals surface area contributed by atoms with Gasteiger partial charge < -0.3 is 4.57 Å². The molecule has 0 fully saturated rings. The van der Waals surface area contributed by atoms with Gasteiger partial charge in [-0.2, -0.15) is 5.26 Å². The lowest BCUT2D eigenvalue weighted by Crippen LogP contribution is -2.05. The number of halogens is 2. The normalized spacial score (nSPS) is 11.1. The molecule has 3 nitrogen and oxygen atoms in total. The Morgan fingerprint density at radius 2 is 1.88 bits per heavy atom. The average Bonchev–Trinajstić information content (AvgIpc) is 2.98. The van der Waals surface area contributed by atoms with E-state index in [2.05, 4.69) is 83.9 Å². The molecule has 122 valence electrons. The third-order valence-corrected chi connectivity index (χ3v) is 5.35. The van der Waals surface area contributed by atoms with Crippen molar-refractivity contribution in [1.29, 1.82) is 5.26 Å². The maximum atomic E-state index is 9.18. The van der Waals surface area contributed by atoms with Gasteiger partial charge in [0.15, 0.2) is 0 Å². The number of pyridine rings is 1. The maximum Gasteiger partial charge on any atom is 0.142 e. The Morgan fingerprint density at radius 3 is 2.68 bits per heavy atom. The van der Waals surface area contributed by atoms with Crippen LogP contribution >= 0.6 is 31.9 Å². The molecule has 5 heteroatoms. The fourth-order valence-corrected chi connectivity index (χ4v) is 4.17. The first-order valence-corrected chi connectivity index (χ1v) is 9.73. The highest BCUT2D eigenvalue weighted by Gasteiger charge is 2.12. The van der Waals surface area contributed by atoms with Gasteiger partial charge in [0.2, 0.25) is 0 Å². The average molecular weight is 455 g/mol. The zero-order chi connectivity index (χ0) is 17.4. The standard InChI is InChI=1S/C20H13Br2N3/c21-10-18-9-14-5-6-17(11-23)24-20(14)25(18)12-15-8-16(22)7-13-3-1-2-4-19(13)15/h1-9H,10,12H2. The van der Waals surface area contributed by atoms with Gasteiger partial charge in [0, 0.05) is 27.4 Å². The molecular weight excluding hydrogens is 442 g/mol. The van der Waals surface area contributed by atoms with Gasteiger partial charge in [-0.3, -0.25) is 0 Å². The van der Waals surface area contributed by atoms with Crippen LogP contribution < -0.4 is 0 Å². The van der Waals surface area contributed by atoms with E-state index in [1.807, 2.05) is 12.1 Å². The van der Waals surface area contributed by atoms with E-state index in [0.717, 1.165) is 26.5 Å². The van der Waals surface area contributed by atoms with Crippen LogP contribution in [0.25, 0.3) is 21.8 Å². The van der Waals surface area contributed by atoms with Crippen molar-refractivity contribution in [3.8, 4) is 6.07 Å². The second-order valence-corrected chi connectivity index (χ2v) is 7.34. The summed E-state index contributed by atoms with van der Waals surface area (Å²) < 4.78 is 3.24. The smallest absolute Gasteiger partial charge is 0.142 e. The van der Waals surface area contributed by atoms with E-state index in [0.29, 0.717) is 12.2 Å². The number of aromatic nitrogens is 2. The van der Waals surface area contributed by atoms with Crippen LogP contribution in [-0.2, 0) is 11.9 Å². The van der Waals surface area contributed by atoms with Crippen molar-refractivity contribution in [2.75, 3.05) is 0 Å². The van der Waals surface area contributed by atoms with Gasteiger partial charge in [0.25, 0.3) is 0 Å². The summed E-state index contributed by atoms with van der Waals surface area (Å²) in [5.41, 5.74) is 3.64. The predicted octanol–water partition coefficient (Wildman–Crippen LogP) is 5.77. The number of hydrogen-bond acceptors (Lipinski definition) is 2. The highest BCUT2D eigenvalue weighted by atomic mass is 79.9. The highest BCUT2D eigenvalue weighted by molar-refractivity contribution is 9.10. The van der Waals surface area contributed by atoms with Gasteiger partial charge in [-0.25, -0.2) is 4.98 Å². The third kappa shape index (κ3) is 2.97. The lowest BCUT2D eigenvalue weighted by atomic mass is 10.0. The summed E-state index contributed by atoms with van der Waals surface area (Å²) in [4.78, 5) is 4.53. The van der Waals surface area contributed by atoms with Crippen molar-refractivity contribution in [2.45, 2.75) is 11.9 Å². The number of nitriles is 1. The molecule has 25 heavy (non-hydrogen) atoms. The molecule has 2 heterocycles. The van der Waals surface area contributed by atoms with Crippen LogP contribution in [-0.4, -0.2) is 9.55 Å². The number of alkyl halides is 1. The van der Waals surface area contributed by atoms with Crippen molar-refractivity contribution in [2.24, 2.45) is 0 Å². The molecule has 0 amide bonds. The van der Waals surface area contributed by atoms with Crippen molar-refractivity contribution < 1.29 is 0 Å². The summed E-state index contributed by atoms with van der Waals surface area (Å²) in [6.45, 7) is 0.701. The minimum Gasteiger partial charge on any atom is -0.324 e. The maximum absolute atomic E-state index is 9.18. The molecule has 4 rings (SSSR count). The number of hydrogen-bond donors (Lipinski definition) is 0. The predicted molar refractivity (Wildman–Crippen MR) is 108 cm³/mol. The molecule has 0 radical (unpaired) electrons. The minimum absolute atomic E-state index is 0.437. The molecular formula is C20H13Br2N3. The van der Waals surface area contributed by atoms with Crippen LogP contribution in [0.1, 0.15) is 17.0 Å². The van der Waals surface area contributed by atoms with Crippen LogP contribution in [0.2, 0.25) is 0 Å². The molecule has 2 aromatic heterocycles. The van der Waals surface area contributed by atoms with E-state index in [9.17, 15) is 5.26 Å². The Balaban J connectivity index is 1.93. The Bertz CT molecular complexity index is 1140. The molecule has 0 aliphatic heterocycles. The van der Waals surface area contributed by atoms with Crippen LogP contribution in [0.5, 0.6) is 0 Å². The van der Waals surface area contributed by atoms with Crippen LogP contribution in [0.4, 0.5) is 0 Å². The molecule has 0 unspecified atom stereocenters. The summed E-state index contributed by atoms with van der Waals surface area (Å²) >= 11 is 7.20. The van der Waals surface area contributed by atoms with Gasteiger partial charge in [0.1, 0.15) is 17.4 Å². The number of benzene rings is 2. The first kappa shape index (κ1) is 16.3.